The van der Waals surface area contributed by atoms with Crippen LogP contribution in [0.2, 0.25) is 0 Å². The first-order chi connectivity index (χ1) is 9.29. The summed E-state index contributed by atoms with van der Waals surface area (Å²) in [5.74, 6) is -0.372. The molecule has 1 aromatic carbocycles. The highest BCUT2D eigenvalue weighted by Crippen LogP contribution is 2.21. The van der Waals surface area contributed by atoms with Crippen molar-refractivity contribution in [2.24, 2.45) is 5.92 Å². The van der Waals surface area contributed by atoms with Gasteiger partial charge in [-0.05, 0) is 30.5 Å². The Morgan fingerprint density at radius 2 is 1.90 bits per heavy atom. The number of aryl methyl sites for hydroxylation is 1. The second kappa shape index (κ2) is 7.05. The zero-order valence-corrected chi connectivity index (χ0v) is 12.4. The minimum absolute atomic E-state index is 0.0348. The molecule has 110 valence electrons. The van der Waals surface area contributed by atoms with E-state index in [-0.39, 0.29) is 24.2 Å². The van der Waals surface area contributed by atoms with Crippen LogP contribution in [0.4, 0.5) is 11.4 Å². The number of aliphatic hydroxyl groups is 1. The van der Waals surface area contributed by atoms with E-state index >= 15 is 0 Å². The van der Waals surface area contributed by atoms with Crippen molar-refractivity contribution < 1.29 is 14.7 Å². The second-order valence-electron chi connectivity index (χ2n) is 5.27. The summed E-state index contributed by atoms with van der Waals surface area (Å²) in [5.41, 5.74) is 2.16. The third-order valence-corrected chi connectivity index (χ3v) is 3.00. The zero-order valence-electron chi connectivity index (χ0n) is 12.4. The maximum Gasteiger partial charge on any atom is 0.226 e. The van der Waals surface area contributed by atoms with Crippen molar-refractivity contribution in [3.8, 4) is 0 Å². The van der Waals surface area contributed by atoms with Gasteiger partial charge in [-0.1, -0.05) is 19.9 Å². The average molecular weight is 278 g/mol. The van der Waals surface area contributed by atoms with Gasteiger partial charge in [0.1, 0.15) is 0 Å². The summed E-state index contributed by atoms with van der Waals surface area (Å²) in [5, 5.41) is 15.1. The van der Waals surface area contributed by atoms with Crippen LogP contribution in [0.15, 0.2) is 18.2 Å². The van der Waals surface area contributed by atoms with Gasteiger partial charge in [0.2, 0.25) is 11.8 Å². The van der Waals surface area contributed by atoms with Crippen LogP contribution in [0.1, 0.15) is 32.8 Å². The lowest BCUT2D eigenvalue weighted by atomic mass is 10.0. The summed E-state index contributed by atoms with van der Waals surface area (Å²) < 4.78 is 0. The van der Waals surface area contributed by atoms with Crippen molar-refractivity contribution in [1.29, 1.82) is 0 Å². The van der Waals surface area contributed by atoms with Gasteiger partial charge in [0.25, 0.3) is 0 Å². The Morgan fingerprint density at radius 1 is 1.25 bits per heavy atom. The molecule has 0 radical (unpaired) electrons. The predicted octanol–water partition coefficient (Wildman–Crippen LogP) is 2.30. The molecule has 0 saturated heterocycles. The van der Waals surface area contributed by atoms with Gasteiger partial charge in [-0.2, -0.15) is 0 Å². The molecule has 0 fully saturated rings. The van der Waals surface area contributed by atoms with Gasteiger partial charge in [-0.25, -0.2) is 0 Å². The molecular weight excluding hydrogens is 256 g/mol. The standard InChI is InChI=1S/C15H22N2O3/c1-9(2)14(19)8-15(20)17-13-7-12(16-11(4)18)6-5-10(13)3/h5-7,9,14,19H,8H2,1-4H3,(H,16,18)(H,17,20). The van der Waals surface area contributed by atoms with Crippen LogP contribution in [0.25, 0.3) is 0 Å². The lowest BCUT2D eigenvalue weighted by Crippen LogP contribution is -2.24. The Kier molecular flexibility index (Phi) is 5.70. The molecule has 5 heteroatoms. The lowest BCUT2D eigenvalue weighted by Gasteiger charge is -2.15. The first-order valence-corrected chi connectivity index (χ1v) is 6.65. The highest BCUT2D eigenvalue weighted by atomic mass is 16.3. The number of hydrogen-bond donors (Lipinski definition) is 3. The molecule has 0 aliphatic rings. The summed E-state index contributed by atoms with van der Waals surface area (Å²) in [6, 6.07) is 5.30. The van der Waals surface area contributed by atoms with Crippen molar-refractivity contribution in [3.63, 3.8) is 0 Å². The molecule has 2 amide bonds. The fourth-order valence-corrected chi connectivity index (χ4v) is 1.66. The normalized spacial score (nSPS) is 12.1. The predicted molar refractivity (Wildman–Crippen MR) is 79.6 cm³/mol. The van der Waals surface area contributed by atoms with E-state index < -0.39 is 6.10 Å². The number of nitrogens with one attached hydrogen (secondary N) is 2. The van der Waals surface area contributed by atoms with E-state index in [0.29, 0.717) is 11.4 Å². The molecule has 0 aliphatic carbocycles. The van der Waals surface area contributed by atoms with Gasteiger partial charge in [0.15, 0.2) is 0 Å². The molecule has 5 nitrogen and oxygen atoms in total. The number of aliphatic hydroxyl groups excluding tert-OH is 1. The molecule has 20 heavy (non-hydrogen) atoms. The molecule has 1 unspecified atom stereocenters. The number of amides is 2. The van der Waals surface area contributed by atoms with E-state index in [1.807, 2.05) is 26.8 Å². The monoisotopic (exact) mass is 278 g/mol. The minimum atomic E-state index is -0.658. The van der Waals surface area contributed by atoms with Gasteiger partial charge < -0.3 is 15.7 Å². The number of anilines is 2. The molecule has 0 heterocycles. The highest BCUT2D eigenvalue weighted by Gasteiger charge is 2.15. The van der Waals surface area contributed by atoms with Gasteiger partial charge in [-0.3, -0.25) is 9.59 Å². The summed E-state index contributed by atoms with van der Waals surface area (Å²) in [6.45, 7) is 7.02. The largest absolute Gasteiger partial charge is 0.392 e. The van der Waals surface area contributed by atoms with Gasteiger partial charge in [0.05, 0.1) is 12.5 Å². The maximum atomic E-state index is 11.9. The Bertz CT molecular complexity index is 498. The lowest BCUT2D eigenvalue weighted by molar-refractivity contribution is -0.118. The Hall–Kier alpha value is -1.88. The fourth-order valence-electron chi connectivity index (χ4n) is 1.66. The maximum absolute atomic E-state index is 11.9. The van der Waals surface area contributed by atoms with Crippen LogP contribution >= 0.6 is 0 Å². The van der Waals surface area contributed by atoms with E-state index in [4.69, 9.17) is 0 Å². The molecular formula is C15H22N2O3. The van der Waals surface area contributed by atoms with Crippen molar-refractivity contribution in [1.82, 2.24) is 0 Å². The molecule has 0 aliphatic heterocycles. The van der Waals surface area contributed by atoms with Gasteiger partial charge in [-0.15, -0.1) is 0 Å². The first kappa shape index (κ1) is 16.2. The second-order valence-corrected chi connectivity index (χ2v) is 5.27. The number of benzene rings is 1. The Labute approximate surface area is 119 Å². The third-order valence-electron chi connectivity index (χ3n) is 3.00. The van der Waals surface area contributed by atoms with Crippen LogP contribution in [0.5, 0.6) is 0 Å². The van der Waals surface area contributed by atoms with Crippen molar-refractivity contribution >= 4 is 23.2 Å². The number of carbonyl (C=O) groups is 2. The van der Waals surface area contributed by atoms with E-state index in [2.05, 4.69) is 10.6 Å². The number of rotatable bonds is 5. The topological polar surface area (TPSA) is 78.4 Å². The van der Waals surface area contributed by atoms with E-state index in [1.165, 1.54) is 6.92 Å². The van der Waals surface area contributed by atoms with Crippen LogP contribution in [-0.4, -0.2) is 23.0 Å². The summed E-state index contributed by atoms with van der Waals surface area (Å²) in [7, 11) is 0. The Morgan fingerprint density at radius 3 is 2.45 bits per heavy atom. The van der Waals surface area contributed by atoms with Crippen molar-refractivity contribution in [3.05, 3.63) is 23.8 Å². The average Bonchev–Trinajstić information content (AvgIpc) is 2.32. The molecule has 1 atom stereocenters. The molecule has 1 aromatic rings. The van der Waals surface area contributed by atoms with E-state index in [0.717, 1.165) is 5.56 Å². The fraction of sp³-hybridized carbons (Fsp3) is 0.467. The summed E-state index contributed by atoms with van der Waals surface area (Å²) >= 11 is 0. The van der Waals surface area contributed by atoms with E-state index in [9.17, 15) is 14.7 Å². The van der Waals surface area contributed by atoms with Crippen molar-refractivity contribution in [2.45, 2.75) is 40.2 Å². The highest BCUT2D eigenvalue weighted by molar-refractivity contribution is 5.94. The molecule has 3 N–H and O–H groups in total. The zero-order chi connectivity index (χ0) is 15.3. The third kappa shape index (κ3) is 5.01. The SMILES string of the molecule is CC(=O)Nc1ccc(C)c(NC(=O)CC(O)C(C)C)c1. The molecule has 0 saturated carbocycles. The number of hydrogen-bond acceptors (Lipinski definition) is 3. The smallest absolute Gasteiger partial charge is 0.226 e. The summed E-state index contributed by atoms with van der Waals surface area (Å²) in [4.78, 5) is 22.9. The van der Waals surface area contributed by atoms with Gasteiger partial charge >= 0.3 is 0 Å². The van der Waals surface area contributed by atoms with Crippen LogP contribution in [0, 0.1) is 12.8 Å². The van der Waals surface area contributed by atoms with E-state index in [1.54, 1.807) is 12.1 Å². The first-order valence-electron chi connectivity index (χ1n) is 6.65. The van der Waals surface area contributed by atoms with Gasteiger partial charge in [0, 0.05) is 18.3 Å². The van der Waals surface area contributed by atoms with Crippen LogP contribution in [0.3, 0.4) is 0 Å². The van der Waals surface area contributed by atoms with Crippen LogP contribution in [-0.2, 0) is 9.59 Å². The molecule has 0 spiro atoms. The quantitative estimate of drug-likeness (QED) is 0.773. The summed E-state index contributed by atoms with van der Waals surface area (Å²) in [6.07, 6.45) is -0.601. The number of carbonyl (C=O) groups excluding carboxylic acids is 2. The van der Waals surface area contributed by atoms with Crippen LogP contribution < -0.4 is 10.6 Å². The van der Waals surface area contributed by atoms with Crippen molar-refractivity contribution in [2.75, 3.05) is 10.6 Å². The minimum Gasteiger partial charge on any atom is -0.392 e. The molecule has 1 rings (SSSR count). The Balaban J connectivity index is 2.75. The molecule has 0 aromatic heterocycles. The molecule has 0 bridgehead atoms.